The fourth-order valence-electron chi connectivity index (χ4n) is 2.52. The normalized spacial score (nSPS) is 24.2. The molecule has 2 fully saturated rings. The van der Waals surface area contributed by atoms with Crippen LogP contribution in [0.2, 0.25) is 0 Å². The first kappa shape index (κ1) is 14.1. The van der Waals surface area contributed by atoms with E-state index in [1.807, 2.05) is 0 Å². The van der Waals surface area contributed by atoms with Gasteiger partial charge in [0, 0.05) is 30.5 Å². The lowest BCUT2D eigenvalue weighted by atomic mass is 10.1. The van der Waals surface area contributed by atoms with Crippen molar-refractivity contribution in [3.63, 3.8) is 0 Å². The highest BCUT2D eigenvalue weighted by atomic mass is 32.1. The molecule has 1 atom stereocenters. The zero-order valence-electron chi connectivity index (χ0n) is 11.0. The third-order valence-electron chi connectivity index (χ3n) is 3.70. The maximum atomic E-state index is 12.3. The second-order valence-electron chi connectivity index (χ2n) is 5.62. The zero-order chi connectivity index (χ0) is 14.2. The highest BCUT2D eigenvalue weighted by Gasteiger charge is 2.34. The second-order valence-corrected chi connectivity index (χ2v) is 6.37. The van der Waals surface area contributed by atoms with Crippen LogP contribution in [-0.4, -0.2) is 46.6 Å². The van der Waals surface area contributed by atoms with Gasteiger partial charge in [0.1, 0.15) is 5.82 Å². The molecule has 2 heterocycles. The molecule has 1 saturated heterocycles. The molecular formula is C12H17F3N4S. The van der Waals surface area contributed by atoms with Gasteiger partial charge in [-0.15, -0.1) is 0 Å². The predicted molar refractivity (Wildman–Crippen MR) is 71.0 cm³/mol. The fourth-order valence-corrected chi connectivity index (χ4v) is 3.17. The average molecular weight is 306 g/mol. The van der Waals surface area contributed by atoms with Gasteiger partial charge in [-0.3, -0.25) is 4.90 Å². The minimum Gasteiger partial charge on any atom is -0.360 e. The van der Waals surface area contributed by atoms with Crippen LogP contribution in [0.3, 0.4) is 0 Å². The van der Waals surface area contributed by atoms with E-state index in [2.05, 4.69) is 14.7 Å². The van der Waals surface area contributed by atoms with E-state index in [0.29, 0.717) is 25.6 Å². The topological polar surface area (TPSA) is 41.0 Å². The molecule has 0 bridgehead atoms. The lowest BCUT2D eigenvalue weighted by molar-refractivity contribution is -0.143. The molecule has 0 amide bonds. The number of alkyl halides is 3. The van der Waals surface area contributed by atoms with Crippen LogP contribution in [0.5, 0.6) is 0 Å². The molecule has 1 N–H and O–H groups in total. The molecular weight excluding hydrogens is 289 g/mol. The van der Waals surface area contributed by atoms with Crippen LogP contribution < -0.4 is 5.32 Å². The van der Waals surface area contributed by atoms with Crippen LogP contribution >= 0.6 is 11.5 Å². The van der Waals surface area contributed by atoms with E-state index in [-0.39, 0.29) is 5.92 Å². The van der Waals surface area contributed by atoms with Gasteiger partial charge in [0.05, 0.1) is 6.54 Å². The van der Waals surface area contributed by atoms with Crippen LogP contribution in [0, 0.1) is 5.92 Å². The largest absolute Gasteiger partial charge is 0.401 e. The molecule has 1 unspecified atom stereocenters. The zero-order valence-corrected chi connectivity index (χ0v) is 11.8. The Bertz CT molecular complexity index is 458. The molecule has 1 saturated carbocycles. The Morgan fingerprint density at radius 2 is 2.10 bits per heavy atom. The monoisotopic (exact) mass is 306 g/mol. The Labute approximate surface area is 119 Å². The van der Waals surface area contributed by atoms with E-state index in [1.165, 1.54) is 29.3 Å². The lowest BCUT2D eigenvalue weighted by Crippen LogP contribution is -2.33. The van der Waals surface area contributed by atoms with E-state index < -0.39 is 12.7 Å². The summed E-state index contributed by atoms with van der Waals surface area (Å²) < 4.78 is 41.2. The molecule has 8 heteroatoms. The SMILES string of the molecule is FC(F)(F)CN1CCC(CNc2nc(C3CC3)ns2)C1. The summed E-state index contributed by atoms with van der Waals surface area (Å²) in [5, 5.41) is 4.00. The van der Waals surface area contributed by atoms with Crippen molar-refractivity contribution in [1.29, 1.82) is 0 Å². The number of anilines is 1. The van der Waals surface area contributed by atoms with Gasteiger partial charge in [-0.1, -0.05) is 0 Å². The quantitative estimate of drug-likeness (QED) is 0.908. The molecule has 1 aromatic heterocycles. The minimum atomic E-state index is -4.10. The molecule has 0 radical (unpaired) electrons. The van der Waals surface area contributed by atoms with E-state index in [0.717, 1.165) is 17.4 Å². The molecule has 4 nitrogen and oxygen atoms in total. The van der Waals surface area contributed by atoms with Gasteiger partial charge < -0.3 is 5.32 Å². The van der Waals surface area contributed by atoms with Crippen molar-refractivity contribution in [1.82, 2.24) is 14.3 Å². The Morgan fingerprint density at radius 3 is 2.80 bits per heavy atom. The molecule has 1 aliphatic heterocycles. The van der Waals surface area contributed by atoms with Crippen LogP contribution in [0.25, 0.3) is 0 Å². The summed E-state index contributed by atoms with van der Waals surface area (Å²) in [6.45, 7) is 0.901. The Hall–Kier alpha value is -0.890. The minimum absolute atomic E-state index is 0.255. The third kappa shape index (κ3) is 3.82. The number of likely N-dealkylation sites (tertiary alicyclic amines) is 1. The van der Waals surface area contributed by atoms with Crippen molar-refractivity contribution >= 4 is 16.7 Å². The van der Waals surface area contributed by atoms with Crippen LogP contribution in [0.4, 0.5) is 18.3 Å². The Morgan fingerprint density at radius 1 is 1.30 bits per heavy atom. The lowest BCUT2D eigenvalue weighted by Gasteiger charge is -2.17. The van der Waals surface area contributed by atoms with Gasteiger partial charge in [0.15, 0.2) is 0 Å². The van der Waals surface area contributed by atoms with Gasteiger partial charge in [-0.2, -0.15) is 17.5 Å². The molecule has 112 valence electrons. The fraction of sp³-hybridized carbons (Fsp3) is 0.833. The van der Waals surface area contributed by atoms with E-state index in [9.17, 15) is 13.2 Å². The van der Waals surface area contributed by atoms with E-state index in [4.69, 9.17) is 0 Å². The van der Waals surface area contributed by atoms with Gasteiger partial charge in [-0.05, 0) is 31.7 Å². The van der Waals surface area contributed by atoms with Crippen molar-refractivity contribution in [2.24, 2.45) is 5.92 Å². The van der Waals surface area contributed by atoms with Crippen molar-refractivity contribution in [2.45, 2.75) is 31.4 Å². The number of hydrogen-bond acceptors (Lipinski definition) is 5. The highest BCUT2D eigenvalue weighted by molar-refractivity contribution is 7.09. The number of hydrogen-bond donors (Lipinski definition) is 1. The standard InChI is InChI=1S/C12H17F3N4S/c13-12(14,15)7-19-4-3-8(6-19)5-16-11-17-10(18-20-11)9-1-2-9/h8-9H,1-7H2,(H,16,17,18). The number of nitrogens with zero attached hydrogens (tertiary/aromatic N) is 3. The first-order chi connectivity index (χ1) is 9.49. The van der Waals surface area contributed by atoms with Crippen LogP contribution in [0.15, 0.2) is 0 Å². The van der Waals surface area contributed by atoms with Crippen molar-refractivity contribution in [3.05, 3.63) is 5.82 Å². The third-order valence-corrected chi connectivity index (χ3v) is 4.39. The summed E-state index contributed by atoms with van der Waals surface area (Å²) in [5.41, 5.74) is 0. The molecule has 1 aliphatic carbocycles. The second kappa shape index (κ2) is 5.48. The number of nitrogens with one attached hydrogen (secondary N) is 1. The smallest absolute Gasteiger partial charge is 0.360 e. The first-order valence-electron chi connectivity index (χ1n) is 6.86. The maximum absolute atomic E-state index is 12.3. The Balaban J connectivity index is 1.42. The Kier molecular flexibility index (Phi) is 3.85. The molecule has 0 spiro atoms. The van der Waals surface area contributed by atoms with Crippen molar-refractivity contribution in [3.8, 4) is 0 Å². The van der Waals surface area contributed by atoms with Crippen LogP contribution in [-0.2, 0) is 0 Å². The maximum Gasteiger partial charge on any atom is 0.401 e. The summed E-state index contributed by atoms with van der Waals surface area (Å²) in [6, 6.07) is 0. The van der Waals surface area contributed by atoms with Gasteiger partial charge >= 0.3 is 6.18 Å². The summed E-state index contributed by atoms with van der Waals surface area (Å²) in [4.78, 5) is 5.89. The van der Waals surface area contributed by atoms with E-state index >= 15 is 0 Å². The summed E-state index contributed by atoms with van der Waals surface area (Å²) in [7, 11) is 0. The number of aromatic nitrogens is 2. The predicted octanol–water partition coefficient (Wildman–Crippen LogP) is 2.71. The molecule has 20 heavy (non-hydrogen) atoms. The summed E-state index contributed by atoms with van der Waals surface area (Å²) in [6.07, 6.45) is -0.950. The van der Waals surface area contributed by atoms with E-state index in [1.54, 1.807) is 0 Å². The molecule has 1 aromatic rings. The number of halogens is 3. The average Bonchev–Trinajstić information content (AvgIpc) is 2.94. The van der Waals surface area contributed by atoms with Gasteiger partial charge in [-0.25, -0.2) is 4.98 Å². The number of rotatable bonds is 5. The van der Waals surface area contributed by atoms with Crippen molar-refractivity contribution in [2.75, 3.05) is 31.5 Å². The molecule has 3 rings (SSSR count). The first-order valence-corrected chi connectivity index (χ1v) is 7.63. The van der Waals surface area contributed by atoms with Gasteiger partial charge in [0.2, 0.25) is 5.13 Å². The highest BCUT2D eigenvalue weighted by Crippen LogP contribution is 2.39. The van der Waals surface area contributed by atoms with Crippen molar-refractivity contribution < 1.29 is 13.2 Å². The molecule has 2 aliphatic rings. The summed E-state index contributed by atoms with van der Waals surface area (Å²) in [5.74, 6) is 1.71. The summed E-state index contributed by atoms with van der Waals surface area (Å²) >= 11 is 1.35. The molecule has 0 aromatic carbocycles. The van der Waals surface area contributed by atoms with Gasteiger partial charge in [0.25, 0.3) is 0 Å². The van der Waals surface area contributed by atoms with Crippen LogP contribution in [0.1, 0.15) is 31.0 Å².